The second kappa shape index (κ2) is 13.6. The molecule has 0 spiro atoms. The molecule has 0 fully saturated rings. The minimum atomic E-state index is -3.70. The van der Waals surface area contributed by atoms with Gasteiger partial charge >= 0.3 is 0 Å². The van der Waals surface area contributed by atoms with Crippen LogP contribution in [0.3, 0.4) is 0 Å². The number of sulfonamides is 1. The number of ether oxygens (including phenoxy) is 1. The van der Waals surface area contributed by atoms with Crippen molar-refractivity contribution in [1.29, 1.82) is 0 Å². The zero-order valence-electron chi connectivity index (χ0n) is 19.2. The highest BCUT2D eigenvalue weighted by atomic mass is 32.2. The highest BCUT2D eigenvalue weighted by Gasteiger charge is 2.26. The molecular formula is C22H39N3O4S. The van der Waals surface area contributed by atoms with E-state index in [1.165, 1.54) is 10.4 Å². The molecule has 0 bridgehead atoms. The molecular weight excluding hydrogens is 402 g/mol. The number of nitrogens with one attached hydrogen (secondary N) is 1. The highest BCUT2D eigenvalue weighted by molar-refractivity contribution is 7.89. The number of nitrogens with zero attached hydrogens (tertiary/aromatic N) is 2. The maximum Gasteiger partial charge on any atom is 0.246 e. The lowest BCUT2D eigenvalue weighted by atomic mass is 10.2. The number of carbonyl (C=O) groups excluding carboxylic acids is 1. The van der Waals surface area contributed by atoms with Gasteiger partial charge < -0.3 is 15.0 Å². The molecule has 0 saturated carbocycles. The van der Waals surface area contributed by atoms with Gasteiger partial charge in [-0.15, -0.1) is 0 Å². The minimum Gasteiger partial charge on any atom is -0.492 e. The quantitative estimate of drug-likeness (QED) is 0.446. The molecule has 0 aliphatic heterocycles. The summed E-state index contributed by atoms with van der Waals surface area (Å²) in [4.78, 5) is 14.9. The van der Waals surface area contributed by atoms with E-state index in [4.69, 9.17) is 4.74 Å². The van der Waals surface area contributed by atoms with E-state index in [9.17, 15) is 13.2 Å². The third kappa shape index (κ3) is 7.89. The second-order valence-corrected chi connectivity index (χ2v) is 9.08. The molecule has 0 aliphatic rings. The van der Waals surface area contributed by atoms with Crippen molar-refractivity contribution < 1.29 is 17.9 Å². The van der Waals surface area contributed by atoms with Gasteiger partial charge in [0.1, 0.15) is 10.6 Å². The number of hydrogen-bond acceptors (Lipinski definition) is 5. The smallest absolute Gasteiger partial charge is 0.246 e. The van der Waals surface area contributed by atoms with Gasteiger partial charge in [-0.1, -0.05) is 27.7 Å². The molecule has 0 unspecified atom stereocenters. The second-order valence-electron chi connectivity index (χ2n) is 7.18. The Bertz CT molecular complexity index is 743. The summed E-state index contributed by atoms with van der Waals surface area (Å²) in [6.45, 7) is 13.8. The molecule has 0 aromatic heterocycles. The lowest BCUT2D eigenvalue weighted by Crippen LogP contribution is -2.31. The zero-order valence-corrected chi connectivity index (χ0v) is 20.1. The van der Waals surface area contributed by atoms with Crippen molar-refractivity contribution in [2.24, 2.45) is 0 Å². The maximum atomic E-state index is 13.0. The van der Waals surface area contributed by atoms with Crippen molar-refractivity contribution in [3.8, 4) is 5.75 Å². The topological polar surface area (TPSA) is 79.0 Å². The van der Waals surface area contributed by atoms with E-state index in [-0.39, 0.29) is 10.8 Å². The van der Waals surface area contributed by atoms with Crippen LogP contribution in [0.15, 0.2) is 23.1 Å². The Hall–Kier alpha value is -1.64. The normalized spacial score (nSPS) is 11.8. The summed E-state index contributed by atoms with van der Waals surface area (Å²) < 4.78 is 33.0. The van der Waals surface area contributed by atoms with E-state index in [2.05, 4.69) is 24.1 Å². The van der Waals surface area contributed by atoms with Crippen molar-refractivity contribution in [3.05, 3.63) is 18.2 Å². The van der Waals surface area contributed by atoms with Crippen LogP contribution in [0.4, 0.5) is 5.69 Å². The number of carbonyl (C=O) groups is 1. The molecule has 1 N–H and O–H groups in total. The summed E-state index contributed by atoms with van der Waals surface area (Å²) >= 11 is 0. The van der Waals surface area contributed by atoms with E-state index >= 15 is 0 Å². The summed E-state index contributed by atoms with van der Waals surface area (Å²) in [5.74, 6) is 0.190. The van der Waals surface area contributed by atoms with E-state index in [0.29, 0.717) is 37.6 Å². The number of rotatable bonds is 15. The number of anilines is 1. The van der Waals surface area contributed by atoms with Gasteiger partial charge in [-0.05, 0) is 64.0 Å². The minimum absolute atomic E-state index is 0.0860. The van der Waals surface area contributed by atoms with Crippen molar-refractivity contribution in [2.75, 3.05) is 44.6 Å². The molecule has 172 valence electrons. The van der Waals surface area contributed by atoms with Crippen LogP contribution >= 0.6 is 0 Å². The van der Waals surface area contributed by atoms with Gasteiger partial charge in [0, 0.05) is 25.2 Å². The summed E-state index contributed by atoms with van der Waals surface area (Å²) in [5.41, 5.74) is 0.466. The lowest BCUT2D eigenvalue weighted by Gasteiger charge is -2.21. The third-order valence-electron chi connectivity index (χ3n) is 4.81. The fourth-order valence-electron chi connectivity index (χ4n) is 3.42. The fourth-order valence-corrected chi connectivity index (χ4v) is 5.03. The molecule has 1 amide bonds. The van der Waals surface area contributed by atoms with Gasteiger partial charge in [-0.2, -0.15) is 4.31 Å². The van der Waals surface area contributed by atoms with E-state index in [1.807, 2.05) is 6.92 Å². The largest absolute Gasteiger partial charge is 0.492 e. The Morgan fingerprint density at radius 1 is 1.00 bits per heavy atom. The monoisotopic (exact) mass is 441 g/mol. The van der Waals surface area contributed by atoms with Gasteiger partial charge in [0.25, 0.3) is 0 Å². The molecule has 8 heteroatoms. The first kappa shape index (κ1) is 26.4. The Kier molecular flexibility index (Phi) is 12.0. The van der Waals surface area contributed by atoms with Crippen LogP contribution in [0.5, 0.6) is 5.75 Å². The Labute approximate surface area is 182 Å². The number of benzene rings is 1. The van der Waals surface area contributed by atoms with Gasteiger partial charge in [-0.25, -0.2) is 8.42 Å². The fraction of sp³-hybridized carbons (Fsp3) is 0.682. The van der Waals surface area contributed by atoms with Crippen LogP contribution in [0.1, 0.15) is 60.3 Å². The molecule has 0 heterocycles. The third-order valence-corrected chi connectivity index (χ3v) is 6.88. The van der Waals surface area contributed by atoms with Crippen LogP contribution in [0, 0.1) is 0 Å². The molecule has 0 saturated heterocycles. The van der Waals surface area contributed by atoms with Crippen LogP contribution in [-0.2, 0) is 14.8 Å². The summed E-state index contributed by atoms with van der Waals surface area (Å²) in [5, 5.41) is 2.84. The first-order valence-electron chi connectivity index (χ1n) is 11.1. The van der Waals surface area contributed by atoms with Gasteiger partial charge in [0.2, 0.25) is 15.9 Å². The highest BCUT2D eigenvalue weighted by Crippen LogP contribution is 2.30. The first-order chi connectivity index (χ1) is 14.3. The van der Waals surface area contributed by atoms with Crippen molar-refractivity contribution in [3.63, 3.8) is 0 Å². The van der Waals surface area contributed by atoms with Gasteiger partial charge in [0.05, 0.1) is 6.61 Å². The molecule has 30 heavy (non-hydrogen) atoms. The average molecular weight is 442 g/mol. The average Bonchev–Trinajstić information content (AvgIpc) is 2.70. The van der Waals surface area contributed by atoms with Crippen molar-refractivity contribution in [1.82, 2.24) is 9.21 Å². The Balaban J connectivity index is 2.89. The van der Waals surface area contributed by atoms with Crippen LogP contribution in [-0.4, -0.2) is 62.9 Å². The van der Waals surface area contributed by atoms with Crippen LogP contribution in [0.2, 0.25) is 0 Å². The number of hydrogen-bond donors (Lipinski definition) is 1. The standard InChI is InChI=1S/C22H39N3O4S/c1-6-15-24(16-7-2)17-11-12-22(26)23-19-13-14-20(29-10-5)21(18-19)30(27,28)25(8-3)9-4/h13-14,18H,6-12,15-17H2,1-5H3,(H,23,26). The molecule has 1 aromatic carbocycles. The lowest BCUT2D eigenvalue weighted by molar-refractivity contribution is -0.116. The van der Waals surface area contributed by atoms with E-state index in [0.717, 1.165) is 38.9 Å². The van der Waals surface area contributed by atoms with Crippen molar-refractivity contribution >= 4 is 21.6 Å². The van der Waals surface area contributed by atoms with E-state index < -0.39 is 10.0 Å². The number of amides is 1. The summed E-state index contributed by atoms with van der Waals surface area (Å²) in [6.07, 6.45) is 3.37. The molecule has 0 aliphatic carbocycles. The van der Waals surface area contributed by atoms with Crippen LogP contribution < -0.4 is 10.1 Å². The Morgan fingerprint density at radius 3 is 2.17 bits per heavy atom. The van der Waals surface area contributed by atoms with Gasteiger partial charge in [0.15, 0.2) is 0 Å². The predicted octanol–water partition coefficient (Wildman–Crippen LogP) is 3.96. The molecule has 0 radical (unpaired) electrons. The van der Waals surface area contributed by atoms with Crippen LogP contribution in [0.25, 0.3) is 0 Å². The van der Waals surface area contributed by atoms with Gasteiger partial charge in [-0.3, -0.25) is 4.79 Å². The predicted molar refractivity (Wildman–Crippen MR) is 123 cm³/mol. The summed E-state index contributed by atoms with van der Waals surface area (Å²) in [6, 6.07) is 4.79. The Morgan fingerprint density at radius 2 is 1.63 bits per heavy atom. The SMILES string of the molecule is CCCN(CCC)CCCC(=O)Nc1ccc(OCC)c(S(=O)(=O)N(CC)CC)c1. The van der Waals surface area contributed by atoms with E-state index in [1.54, 1.807) is 26.0 Å². The molecule has 0 atom stereocenters. The molecule has 7 nitrogen and oxygen atoms in total. The summed E-state index contributed by atoms with van der Waals surface area (Å²) in [7, 11) is -3.70. The molecule has 1 rings (SSSR count). The maximum absolute atomic E-state index is 13.0. The van der Waals surface area contributed by atoms with Crippen molar-refractivity contribution in [2.45, 2.75) is 65.2 Å². The molecule has 1 aromatic rings. The first-order valence-corrected chi connectivity index (χ1v) is 12.6. The zero-order chi connectivity index (χ0) is 22.6.